The summed E-state index contributed by atoms with van der Waals surface area (Å²) in [6.45, 7) is 0. The van der Waals surface area contributed by atoms with Gasteiger partial charge < -0.3 is 5.32 Å². The van der Waals surface area contributed by atoms with E-state index in [1.807, 2.05) is 7.05 Å². The monoisotopic (exact) mass is 379 g/mol. The molecule has 2 heterocycles. The van der Waals surface area contributed by atoms with E-state index in [-0.39, 0.29) is 0 Å². The summed E-state index contributed by atoms with van der Waals surface area (Å²) in [7, 11) is 2.01. The van der Waals surface area contributed by atoms with Crippen molar-refractivity contribution in [3.63, 3.8) is 0 Å². The fourth-order valence-corrected chi connectivity index (χ4v) is 4.86. The minimum absolute atomic E-state index is 0.379. The first-order valence-corrected chi connectivity index (χ1v) is 8.19. The summed E-state index contributed by atoms with van der Waals surface area (Å²) in [4.78, 5) is 2.75. The van der Waals surface area contributed by atoms with Gasteiger partial charge in [-0.1, -0.05) is 0 Å². The topological polar surface area (TPSA) is 12.0 Å². The molecule has 0 saturated carbocycles. The van der Waals surface area contributed by atoms with Crippen molar-refractivity contribution in [3.8, 4) is 0 Å². The third-order valence-electron chi connectivity index (χ3n) is 2.39. The van der Waals surface area contributed by atoms with Crippen LogP contribution >= 0.6 is 54.5 Å². The van der Waals surface area contributed by atoms with E-state index < -0.39 is 0 Å². The van der Waals surface area contributed by atoms with Crippen molar-refractivity contribution in [2.75, 3.05) is 7.05 Å². The molecule has 2 rings (SSSR count). The summed E-state index contributed by atoms with van der Waals surface area (Å²) in [5.74, 6) is 0. The van der Waals surface area contributed by atoms with Gasteiger partial charge in [-0.05, 0) is 61.8 Å². The van der Waals surface area contributed by atoms with Crippen LogP contribution in [-0.4, -0.2) is 7.05 Å². The van der Waals surface area contributed by atoms with Crippen molar-refractivity contribution in [1.29, 1.82) is 0 Å². The fourth-order valence-electron chi connectivity index (χ4n) is 1.54. The Morgan fingerprint density at radius 1 is 1.19 bits per heavy atom. The average Bonchev–Trinajstić information content (AvgIpc) is 2.85. The quantitative estimate of drug-likeness (QED) is 0.800. The van der Waals surface area contributed by atoms with Crippen LogP contribution in [0.3, 0.4) is 0 Å². The van der Waals surface area contributed by atoms with Gasteiger partial charge in [0.1, 0.15) is 0 Å². The van der Waals surface area contributed by atoms with Crippen LogP contribution in [0.5, 0.6) is 0 Å². The van der Waals surface area contributed by atoms with Gasteiger partial charge in [0.25, 0.3) is 0 Å². The van der Waals surface area contributed by atoms with Crippen molar-refractivity contribution in [2.24, 2.45) is 0 Å². The molecule has 2 aromatic heterocycles. The van der Waals surface area contributed by atoms with Gasteiger partial charge in [-0.25, -0.2) is 0 Å². The second-order valence-corrected chi connectivity index (χ2v) is 7.03. The van der Waals surface area contributed by atoms with Gasteiger partial charge >= 0.3 is 0 Å². The SMILES string of the molecule is CNC(Cc1sccc1Br)c1sccc1Br. The van der Waals surface area contributed by atoms with E-state index in [1.54, 1.807) is 22.7 Å². The molecule has 0 radical (unpaired) electrons. The second-order valence-electron chi connectivity index (χ2n) is 3.37. The van der Waals surface area contributed by atoms with E-state index in [2.05, 4.69) is 60.1 Å². The molecular formula is C11H11Br2NS2. The van der Waals surface area contributed by atoms with Crippen LogP contribution in [0.1, 0.15) is 15.8 Å². The summed E-state index contributed by atoms with van der Waals surface area (Å²) in [6.07, 6.45) is 1.02. The zero-order valence-corrected chi connectivity index (χ0v) is 13.5. The van der Waals surface area contributed by atoms with Crippen LogP contribution in [0, 0.1) is 0 Å². The first-order valence-electron chi connectivity index (χ1n) is 4.84. The first-order chi connectivity index (χ1) is 7.72. The van der Waals surface area contributed by atoms with Crippen molar-refractivity contribution in [2.45, 2.75) is 12.5 Å². The summed E-state index contributed by atoms with van der Waals surface area (Å²) in [5, 5.41) is 7.62. The maximum atomic E-state index is 3.59. The Morgan fingerprint density at radius 3 is 2.38 bits per heavy atom. The van der Waals surface area contributed by atoms with Gasteiger partial charge in [-0.15, -0.1) is 22.7 Å². The molecule has 0 aliphatic rings. The maximum absolute atomic E-state index is 3.59. The van der Waals surface area contributed by atoms with Crippen LogP contribution in [-0.2, 0) is 6.42 Å². The van der Waals surface area contributed by atoms with Crippen molar-refractivity contribution >= 4 is 54.5 Å². The molecule has 0 aromatic carbocycles. The van der Waals surface area contributed by atoms with Crippen LogP contribution < -0.4 is 5.32 Å². The Balaban J connectivity index is 2.19. The van der Waals surface area contributed by atoms with E-state index in [9.17, 15) is 0 Å². The van der Waals surface area contributed by atoms with Gasteiger partial charge in [-0.3, -0.25) is 0 Å². The van der Waals surface area contributed by atoms with Crippen LogP contribution in [0.2, 0.25) is 0 Å². The maximum Gasteiger partial charge on any atom is 0.0473 e. The number of hydrogen-bond donors (Lipinski definition) is 1. The van der Waals surface area contributed by atoms with Gasteiger partial charge in [-0.2, -0.15) is 0 Å². The Morgan fingerprint density at radius 2 is 1.88 bits per heavy atom. The number of thiophene rings is 2. The molecule has 1 unspecified atom stereocenters. The number of nitrogens with one attached hydrogen (secondary N) is 1. The highest BCUT2D eigenvalue weighted by Gasteiger charge is 2.16. The first kappa shape index (κ1) is 12.8. The molecule has 86 valence electrons. The van der Waals surface area contributed by atoms with Gasteiger partial charge in [0.15, 0.2) is 0 Å². The predicted molar refractivity (Wildman–Crippen MR) is 79.5 cm³/mol. The fraction of sp³-hybridized carbons (Fsp3) is 0.273. The van der Waals surface area contributed by atoms with E-state index in [0.29, 0.717) is 6.04 Å². The number of halogens is 2. The standard InChI is InChI=1S/C11H11Br2NS2/c1-14-9(11-8(13)3-5-16-11)6-10-7(12)2-4-15-10/h2-5,9,14H,6H2,1H3. The molecule has 0 amide bonds. The average molecular weight is 381 g/mol. The highest BCUT2D eigenvalue weighted by atomic mass is 79.9. The Bertz CT molecular complexity index is 464. The molecule has 1 N–H and O–H groups in total. The Kier molecular flexibility index (Phi) is 4.61. The summed E-state index contributed by atoms with van der Waals surface area (Å²) in [5.41, 5.74) is 0. The molecule has 16 heavy (non-hydrogen) atoms. The van der Waals surface area contributed by atoms with E-state index in [0.717, 1.165) is 6.42 Å². The minimum Gasteiger partial charge on any atom is -0.312 e. The molecule has 0 spiro atoms. The molecule has 1 atom stereocenters. The molecular weight excluding hydrogens is 370 g/mol. The largest absolute Gasteiger partial charge is 0.312 e. The molecule has 2 aromatic rings. The zero-order chi connectivity index (χ0) is 11.5. The van der Waals surface area contributed by atoms with Gasteiger partial charge in [0.05, 0.1) is 0 Å². The summed E-state index contributed by atoms with van der Waals surface area (Å²) in [6, 6.07) is 4.59. The molecule has 0 aliphatic carbocycles. The summed E-state index contributed by atoms with van der Waals surface area (Å²) < 4.78 is 2.41. The number of rotatable bonds is 4. The van der Waals surface area contributed by atoms with Gasteiger partial charge in [0.2, 0.25) is 0 Å². The van der Waals surface area contributed by atoms with Crippen LogP contribution in [0.4, 0.5) is 0 Å². The van der Waals surface area contributed by atoms with Gasteiger partial charge in [0, 0.05) is 31.2 Å². The third-order valence-corrected chi connectivity index (χ3v) is 6.32. The molecule has 0 saturated heterocycles. The smallest absolute Gasteiger partial charge is 0.0473 e. The van der Waals surface area contributed by atoms with Crippen molar-refractivity contribution in [3.05, 3.63) is 41.6 Å². The third kappa shape index (κ3) is 2.76. The zero-order valence-electron chi connectivity index (χ0n) is 8.67. The normalized spacial score (nSPS) is 12.9. The number of likely N-dealkylation sites (N-methyl/N-ethyl adjacent to an activating group) is 1. The Hall–Kier alpha value is 0.320. The van der Waals surface area contributed by atoms with Crippen molar-refractivity contribution in [1.82, 2.24) is 5.32 Å². The lowest BCUT2D eigenvalue weighted by Gasteiger charge is -2.14. The summed E-state index contributed by atoms with van der Waals surface area (Å²) >= 11 is 10.8. The molecule has 0 fully saturated rings. The lowest BCUT2D eigenvalue weighted by molar-refractivity contribution is 0.604. The molecule has 0 aliphatic heterocycles. The Labute approximate surface area is 120 Å². The molecule has 5 heteroatoms. The number of hydrogen-bond acceptors (Lipinski definition) is 3. The van der Waals surface area contributed by atoms with E-state index in [4.69, 9.17) is 0 Å². The van der Waals surface area contributed by atoms with Crippen molar-refractivity contribution < 1.29 is 0 Å². The minimum atomic E-state index is 0.379. The highest BCUT2D eigenvalue weighted by molar-refractivity contribution is 9.10. The lowest BCUT2D eigenvalue weighted by Crippen LogP contribution is -2.17. The highest BCUT2D eigenvalue weighted by Crippen LogP contribution is 2.33. The second kappa shape index (κ2) is 5.78. The van der Waals surface area contributed by atoms with E-state index in [1.165, 1.54) is 18.7 Å². The molecule has 0 bridgehead atoms. The van der Waals surface area contributed by atoms with Crippen LogP contribution in [0.15, 0.2) is 31.8 Å². The van der Waals surface area contributed by atoms with Crippen LogP contribution in [0.25, 0.3) is 0 Å². The lowest BCUT2D eigenvalue weighted by atomic mass is 10.1. The van der Waals surface area contributed by atoms with E-state index >= 15 is 0 Å². The predicted octanol–water partition coefficient (Wildman–Crippen LogP) is 4.84. The molecule has 1 nitrogen and oxygen atoms in total.